The third kappa shape index (κ3) is 2.07. The lowest BCUT2D eigenvalue weighted by atomic mass is 10.0. The van der Waals surface area contributed by atoms with Crippen molar-refractivity contribution in [1.82, 2.24) is 4.57 Å². The Morgan fingerprint density at radius 1 is 1.10 bits per heavy atom. The molecule has 104 valence electrons. The van der Waals surface area contributed by atoms with E-state index >= 15 is 0 Å². The molecule has 3 rings (SSSR count). The Kier molecular flexibility index (Phi) is 3.22. The maximum absolute atomic E-state index is 12.4. The van der Waals surface area contributed by atoms with Crippen molar-refractivity contribution in [3.8, 4) is 11.1 Å². The highest BCUT2D eigenvalue weighted by Gasteiger charge is 2.19. The van der Waals surface area contributed by atoms with E-state index in [1.165, 1.54) is 0 Å². The molecule has 0 aliphatic carbocycles. The number of anilines is 2. The van der Waals surface area contributed by atoms with Crippen LogP contribution in [0.2, 0.25) is 0 Å². The lowest BCUT2D eigenvalue weighted by molar-refractivity contribution is 0.638. The van der Waals surface area contributed by atoms with E-state index in [1.807, 2.05) is 37.4 Å². The second kappa shape index (κ2) is 5.04. The Hall–Kier alpha value is -2.23. The van der Waals surface area contributed by atoms with Gasteiger partial charge in [-0.25, -0.2) is 0 Å². The summed E-state index contributed by atoms with van der Waals surface area (Å²) in [5.74, 6) is 0.855. The van der Waals surface area contributed by atoms with Gasteiger partial charge in [-0.05, 0) is 18.4 Å². The molecule has 20 heavy (non-hydrogen) atoms. The summed E-state index contributed by atoms with van der Waals surface area (Å²) in [5, 5.41) is 0. The van der Waals surface area contributed by atoms with Crippen molar-refractivity contribution >= 4 is 11.5 Å². The largest absolute Gasteiger partial charge is 0.395 e. The first-order chi connectivity index (χ1) is 9.68. The highest BCUT2D eigenvalue weighted by Crippen LogP contribution is 2.33. The number of nitrogens with zero attached hydrogens (tertiary/aromatic N) is 2. The molecule has 0 spiro atoms. The summed E-state index contributed by atoms with van der Waals surface area (Å²) < 4.78 is 1.80. The van der Waals surface area contributed by atoms with Crippen LogP contribution in [0.1, 0.15) is 12.8 Å². The van der Waals surface area contributed by atoms with Gasteiger partial charge in [-0.15, -0.1) is 0 Å². The minimum Gasteiger partial charge on any atom is -0.395 e. The molecular weight excluding hydrogens is 250 g/mol. The van der Waals surface area contributed by atoms with Crippen LogP contribution in [0.25, 0.3) is 11.1 Å². The average Bonchev–Trinajstić information content (AvgIpc) is 2.66. The maximum atomic E-state index is 12.4. The van der Waals surface area contributed by atoms with E-state index in [2.05, 4.69) is 4.90 Å². The van der Waals surface area contributed by atoms with Crippen LogP contribution in [-0.2, 0) is 6.54 Å². The molecule has 0 unspecified atom stereocenters. The SMILES string of the molecule is CN1CCCCn2c1c(N)c(-c1ccccc1)cc2=O. The van der Waals surface area contributed by atoms with E-state index < -0.39 is 0 Å². The fourth-order valence-electron chi connectivity index (χ4n) is 2.86. The van der Waals surface area contributed by atoms with E-state index in [4.69, 9.17) is 5.73 Å². The van der Waals surface area contributed by atoms with Gasteiger partial charge in [-0.3, -0.25) is 9.36 Å². The van der Waals surface area contributed by atoms with E-state index in [0.717, 1.165) is 42.9 Å². The standard InChI is InChI=1S/C16H19N3O/c1-18-9-5-6-10-19-14(20)11-13(15(17)16(18)19)12-7-3-2-4-8-12/h2-4,7-8,11H,5-6,9-10,17H2,1H3. The minimum absolute atomic E-state index is 0.0294. The summed E-state index contributed by atoms with van der Waals surface area (Å²) in [6.45, 7) is 1.68. The van der Waals surface area contributed by atoms with Gasteiger partial charge in [0.05, 0.1) is 5.69 Å². The summed E-state index contributed by atoms with van der Waals surface area (Å²) >= 11 is 0. The van der Waals surface area contributed by atoms with Crippen molar-refractivity contribution in [3.05, 3.63) is 46.8 Å². The number of nitrogen functional groups attached to an aromatic ring is 1. The molecular formula is C16H19N3O. The zero-order chi connectivity index (χ0) is 14.1. The fraction of sp³-hybridized carbons (Fsp3) is 0.312. The molecule has 2 heterocycles. The summed E-state index contributed by atoms with van der Waals surface area (Å²) in [6.07, 6.45) is 2.10. The van der Waals surface area contributed by atoms with Crippen molar-refractivity contribution in [2.45, 2.75) is 19.4 Å². The van der Waals surface area contributed by atoms with Gasteiger partial charge < -0.3 is 10.6 Å². The van der Waals surface area contributed by atoms with Crippen molar-refractivity contribution in [2.24, 2.45) is 0 Å². The Morgan fingerprint density at radius 3 is 2.55 bits per heavy atom. The molecule has 1 aliphatic heterocycles. The molecule has 4 heteroatoms. The highest BCUT2D eigenvalue weighted by atomic mass is 16.1. The van der Waals surface area contributed by atoms with Gasteiger partial charge in [0.1, 0.15) is 5.82 Å². The van der Waals surface area contributed by atoms with Crippen LogP contribution in [0, 0.1) is 0 Å². The van der Waals surface area contributed by atoms with Crippen molar-refractivity contribution < 1.29 is 0 Å². The maximum Gasteiger partial charge on any atom is 0.252 e. The summed E-state index contributed by atoms with van der Waals surface area (Å²) in [6, 6.07) is 11.5. The Bertz CT molecular complexity index is 676. The number of rotatable bonds is 1. The third-order valence-corrected chi connectivity index (χ3v) is 3.89. The topological polar surface area (TPSA) is 51.3 Å². The molecule has 2 N–H and O–H groups in total. The second-order valence-electron chi connectivity index (χ2n) is 5.28. The molecule has 0 bridgehead atoms. The van der Waals surface area contributed by atoms with Crippen molar-refractivity contribution in [1.29, 1.82) is 0 Å². The molecule has 0 fully saturated rings. The van der Waals surface area contributed by atoms with E-state index in [9.17, 15) is 4.79 Å². The first-order valence-corrected chi connectivity index (χ1v) is 6.98. The third-order valence-electron chi connectivity index (χ3n) is 3.89. The molecule has 2 aromatic rings. The monoisotopic (exact) mass is 269 g/mol. The molecule has 1 aromatic carbocycles. The first-order valence-electron chi connectivity index (χ1n) is 6.98. The van der Waals surface area contributed by atoms with Gasteiger partial charge in [0.2, 0.25) is 0 Å². The normalized spacial score (nSPS) is 14.8. The number of benzene rings is 1. The number of pyridine rings is 1. The number of nitrogens with two attached hydrogens (primary N) is 1. The van der Waals surface area contributed by atoms with Gasteiger partial charge in [0.15, 0.2) is 0 Å². The lowest BCUT2D eigenvalue weighted by Crippen LogP contribution is -2.28. The first kappa shape index (κ1) is 12.8. The highest BCUT2D eigenvalue weighted by molar-refractivity contribution is 5.84. The predicted octanol–water partition coefficient (Wildman–Crippen LogP) is 2.33. The summed E-state index contributed by atoms with van der Waals surface area (Å²) in [7, 11) is 2.00. The summed E-state index contributed by atoms with van der Waals surface area (Å²) in [4.78, 5) is 14.5. The molecule has 0 saturated carbocycles. The smallest absolute Gasteiger partial charge is 0.252 e. The van der Waals surface area contributed by atoms with E-state index in [1.54, 1.807) is 10.6 Å². The number of hydrogen-bond acceptors (Lipinski definition) is 3. The second-order valence-corrected chi connectivity index (χ2v) is 5.28. The van der Waals surface area contributed by atoms with E-state index in [-0.39, 0.29) is 5.56 Å². The predicted molar refractivity (Wildman–Crippen MR) is 83.1 cm³/mol. The molecule has 1 aromatic heterocycles. The molecule has 0 saturated heterocycles. The molecule has 0 amide bonds. The van der Waals surface area contributed by atoms with Crippen LogP contribution in [0.3, 0.4) is 0 Å². The molecule has 0 radical (unpaired) electrons. The average molecular weight is 269 g/mol. The van der Waals surface area contributed by atoms with Gasteiger partial charge in [0.25, 0.3) is 5.56 Å². The Morgan fingerprint density at radius 2 is 1.80 bits per heavy atom. The molecule has 4 nitrogen and oxygen atoms in total. The van der Waals surface area contributed by atoms with Gasteiger partial charge in [-0.1, -0.05) is 30.3 Å². The Balaban J connectivity index is 2.25. The van der Waals surface area contributed by atoms with Crippen LogP contribution in [0.15, 0.2) is 41.2 Å². The van der Waals surface area contributed by atoms with Crippen LogP contribution in [-0.4, -0.2) is 18.2 Å². The lowest BCUT2D eigenvalue weighted by Gasteiger charge is -2.23. The van der Waals surface area contributed by atoms with Gasteiger partial charge in [0, 0.05) is 31.8 Å². The number of hydrogen-bond donors (Lipinski definition) is 1. The number of aromatic nitrogens is 1. The van der Waals surface area contributed by atoms with Crippen molar-refractivity contribution in [3.63, 3.8) is 0 Å². The molecule has 1 aliphatic rings. The number of fused-ring (bicyclic) bond motifs is 1. The zero-order valence-corrected chi connectivity index (χ0v) is 11.7. The Labute approximate surface area is 118 Å². The van der Waals surface area contributed by atoms with Gasteiger partial charge in [-0.2, -0.15) is 0 Å². The quantitative estimate of drug-likeness (QED) is 0.864. The molecule has 0 atom stereocenters. The zero-order valence-electron chi connectivity index (χ0n) is 11.7. The fourth-order valence-corrected chi connectivity index (χ4v) is 2.86. The van der Waals surface area contributed by atoms with Crippen LogP contribution in [0.4, 0.5) is 11.5 Å². The summed E-state index contributed by atoms with van der Waals surface area (Å²) in [5.41, 5.74) is 8.91. The minimum atomic E-state index is 0.0294. The van der Waals surface area contributed by atoms with Crippen LogP contribution >= 0.6 is 0 Å². The van der Waals surface area contributed by atoms with E-state index in [0.29, 0.717) is 5.69 Å². The van der Waals surface area contributed by atoms with Gasteiger partial charge >= 0.3 is 0 Å². The van der Waals surface area contributed by atoms with Crippen LogP contribution < -0.4 is 16.2 Å². The van der Waals surface area contributed by atoms with Crippen molar-refractivity contribution in [2.75, 3.05) is 24.2 Å². The van der Waals surface area contributed by atoms with Crippen LogP contribution in [0.5, 0.6) is 0 Å².